The van der Waals surface area contributed by atoms with E-state index in [1.165, 1.54) is 12.1 Å². The van der Waals surface area contributed by atoms with Crippen LogP contribution in [0.1, 0.15) is 25.7 Å². The number of sulfonamides is 1. The monoisotopic (exact) mass is 318 g/mol. The van der Waals surface area contributed by atoms with Gasteiger partial charge in [0.2, 0.25) is 10.0 Å². The second-order valence-electron chi connectivity index (χ2n) is 4.87. The minimum atomic E-state index is -3.82. The highest BCUT2D eigenvalue weighted by atomic mass is 35.5. The van der Waals surface area contributed by atoms with Crippen LogP contribution < -0.4 is 4.72 Å². The number of hydrogen-bond acceptors (Lipinski definition) is 4. The quantitative estimate of drug-likeness (QED) is 0.667. The molecule has 110 valence electrons. The topological polar surface area (TPSA) is 89.3 Å². The minimum absolute atomic E-state index is 0.0190. The van der Waals surface area contributed by atoms with E-state index in [-0.39, 0.29) is 15.6 Å². The van der Waals surface area contributed by atoms with E-state index in [1.807, 2.05) is 0 Å². The maximum absolute atomic E-state index is 12.2. The number of nitrogens with one attached hydrogen (secondary N) is 1. The van der Waals surface area contributed by atoms with Gasteiger partial charge in [-0.05, 0) is 24.8 Å². The third-order valence-corrected chi connectivity index (χ3v) is 5.36. The van der Waals surface area contributed by atoms with Crippen molar-refractivity contribution in [3.05, 3.63) is 33.3 Å². The van der Waals surface area contributed by atoms with Gasteiger partial charge in [0.05, 0.1) is 9.95 Å². The lowest BCUT2D eigenvalue weighted by Gasteiger charge is -2.12. The number of rotatable bonds is 5. The maximum atomic E-state index is 12.2. The van der Waals surface area contributed by atoms with Gasteiger partial charge in [-0.1, -0.05) is 24.4 Å². The zero-order valence-electron chi connectivity index (χ0n) is 10.7. The molecule has 1 aromatic carbocycles. The summed E-state index contributed by atoms with van der Waals surface area (Å²) >= 11 is 5.84. The Hall–Kier alpha value is -1.18. The van der Waals surface area contributed by atoms with Crippen molar-refractivity contribution in [3.63, 3.8) is 0 Å². The second-order valence-corrected chi connectivity index (χ2v) is 7.02. The van der Waals surface area contributed by atoms with Crippen molar-refractivity contribution in [2.75, 3.05) is 6.54 Å². The Kier molecular flexibility index (Phi) is 4.62. The summed E-state index contributed by atoms with van der Waals surface area (Å²) in [5.41, 5.74) is -0.296. The Labute approximate surface area is 122 Å². The molecule has 0 aromatic heterocycles. The molecular formula is C12H15ClN2O4S. The summed E-state index contributed by atoms with van der Waals surface area (Å²) in [5.74, 6) is 0.335. The largest absolute Gasteiger partial charge is 0.270 e. The van der Waals surface area contributed by atoms with Crippen molar-refractivity contribution in [1.29, 1.82) is 0 Å². The molecule has 0 unspecified atom stereocenters. The van der Waals surface area contributed by atoms with Crippen LogP contribution in [-0.4, -0.2) is 19.9 Å². The molecule has 1 fully saturated rings. The molecule has 0 bridgehead atoms. The predicted molar refractivity (Wildman–Crippen MR) is 75.3 cm³/mol. The first-order valence-corrected chi connectivity index (χ1v) is 8.20. The average molecular weight is 319 g/mol. The molecular weight excluding hydrogens is 304 g/mol. The zero-order chi connectivity index (χ0) is 14.8. The number of benzene rings is 1. The molecule has 0 radical (unpaired) electrons. The van der Waals surface area contributed by atoms with Gasteiger partial charge in [0.15, 0.2) is 0 Å². The first kappa shape index (κ1) is 15.2. The molecule has 0 aliphatic heterocycles. The molecule has 1 saturated carbocycles. The number of hydrogen-bond donors (Lipinski definition) is 1. The summed E-state index contributed by atoms with van der Waals surface area (Å²) in [4.78, 5) is 9.82. The third-order valence-electron chi connectivity index (χ3n) is 3.45. The fourth-order valence-electron chi connectivity index (χ4n) is 2.33. The van der Waals surface area contributed by atoms with Crippen LogP contribution in [-0.2, 0) is 10.0 Å². The average Bonchev–Trinajstić information content (AvgIpc) is 2.89. The molecule has 20 heavy (non-hydrogen) atoms. The molecule has 1 aliphatic rings. The summed E-state index contributed by atoms with van der Waals surface area (Å²) in [5, 5.41) is 10.7. The van der Waals surface area contributed by atoms with Gasteiger partial charge in [0, 0.05) is 18.7 Å². The van der Waals surface area contributed by atoms with Crippen molar-refractivity contribution >= 4 is 27.3 Å². The van der Waals surface area contributed by atoms with E-state index in [9.17, 15) is 18.5 Å². The molecule has 6 nitrogen and oxygen atoms in total. The van der Waals surface area contributed by atoms with E-state index in [2.05, 4.69) is 4.72 Å². The Morgan fingerprint density at radius 1 is 1.35 bits per heavy atom. The van der Waals surface area contributed by atoms with Gasteiger partial charge in [0.25, 0.3) is 5.69 Å². The van der Waals surface area contributed by atoms with Crippen molar-refractivity contribution in [3.8, 4) is 0 Å². The van der Waals surface area contributed by atoms with Gasteiger partial charge < -0.3 is 0 Å². The SMILES string of the molecule is O=[N+]([O-])c1ccc(Cl)c(S(=O)(=O)NCC2CCCC2)c1. The van der Waals surface area contributed by atoms with Gasteiger partial charge in [-0.3, -0.25) is 10.1 Å². The Morgan fingerprint density at radius 3 is 2.60 bits per heavy atom. The van der Waals surface area contributed by atoms with Gasteiger partial charge in [0.1, 0.15) is 4.90 Å². The molecule has 0 saturated heterocycles. The van der Waals surface area contributed by atoms with E-state index >= 15 is 0 Å². The van der Waals surface area contributed by atoms with Crippen LogP contribution in [0.4, 0.5) is 5.69 Å². The summed E-state index contributed by atoms with van der Waals surface area (Å²) in [6, 6.07) is 3.39. The highest BCUT2D eigenvalue weighted by molar-refractivity contribution is 7.89. The first-order chi connectivity index (χ1) is 9.40. The molecule has 0 amide bonds. The van der Waals surface area contributed by atoms with Crippen LogP contribution in [0.5, 0.6) is 0 Å². The third kappa shape index (κ3) is 3.47. The summed E-state index contributed by atoms with van der Waals surface area (Å²) < 4.78 is 26.8. The molecule has 0 heterocycles. The minimum Gasteiger partial charge on any atom is -0.258 e. The molecule has 1 aliphatic carbocycles. The maximum Gasteiger partial charge on any atom is 0.270 e. The number of nitro benzene ring substituents is 1. The lowest BCUT2D eigenvalue weighted by atomic mass is 10.1. The van der Waals surface area contributed by atoms with Crippen molar-refractivity contribution in [2.24, 2.45) is 5.92 Å². The van der Waals surface area contributed by atoms with Crippen LogP contribution in [0.25, 0.3) is 0 Å². The summed E-state index contributed by atoms with van der Waals surface area (Å²) in [7, 11) is -3.82. The van der Waals surface area contributed by atoms with Gasteiger partial charge in [-0.15, -0.1) is 0 Å². The molecule has 1 aromatic rings. The number of non-ortho nitro benzene ring substituents is 1. The number of halogens is 1. The molecule has 0 spiro atoms. The Bertz CT molecular complexity index is 612. The fraction of sp³-hybridized carbons (Fsp3) is 0.500. The van der Waals surface area contributed by atoms with E-state index in [0.29, 0.717) is 12.5 Å². The lowest BCUT2D eigenvalue weighted by Crippen LogP contribution is -2.28. The highest BCUT2D eigenvalue weighted by Gasteiger charge is 2.23. The zero-order valence-corrected chi connectivity index (χ0v) is 12.3. The van der Waals surface area contributed by atoms with Crippen molar-refractivity contribution in [2.45, 2.75) is 30.6 Å². The molecule has 8 heteroatoms. The number of nitro groups is 1. The van der Waals surface area contributed by atoms with E-state index in [4.69, 9.17) is 11.6 Å². The van der Waals surface area contributed by atoms with Gasteiger partial charge in [-0.25, -0.2) is 13.1 Å². The van der Waals surface area contributed by atoms with E-state index in [1.54, 1.807) is 0 Å². The summed E-state index contributed by atoms with van der Waals surface area (Å²) in [6.45, 7) is 0.349. The van der Waals surface area contributed by atoms with Gasteiger partial charge >= 0.3 is 0 Å². The smallest absolute Gasteiger partial charge is 0.258 e. The molecule has 0 atom stereocenters. The van der Waals surface area contributed by atoms with Crippen LogP contribution in [0.15, 0.2) is 23.1 Å². The fourth-order valence-corrected chi connectivity index (χ4v) is 3.96. The molecule has 2 rings (SSSR count). The van der Waals surface area contributed by atoms with Crippen LogP contribution in [0, 0.1) is 16.0 Å². The normalized spacial score (nSPS) is 16.4. The van der Waals surface area contributed by atoms with Crippen molar-refractivity contribution in [1.82, 2.24) is 4.72 Å². The number of nitrogens with zero attached hydrogens (tertiary/aromatic N) is 1. The lowest BCUT2D eigenvalue weighted by molar-refractivity contribution is -0.385. The van der Waals surface area contributed by atoms with Crippen molar-refractivity contribution < 1.29 is 13.3 Å². The van der Waals surface area contributed by atoms with Crippen LogP contribution >= 0.6 is 11.6 Å². The predicted octanol–water partition coefficient (Wildman–Crippen LogP) is 2.72. The van der Waals surface area contributed by atoms with E-state index < -0.39 is 14.9 Å². The van der Waals surface area contributed by atoms with Crippen LogP contribution in [0.2, 0.25) is 5.02 Å². The van der Waals surface area contributed by atoms with E-state index in [0.717, 1.165) is 31.7 Å². The van der Waals surface area contributed by atoms with Gasteiger partial charge in [-0.2, -0.15) is 0 Å². The first-order valence-electron chi connectivity index (χ1n) is 6.34. The summed E-state index contributed by atoms with van der Waals surface area (Å²) in [6.07, 6.45) is 4.24. The Morgan fingerprint density at radius 2 is 2.00 bits per heavy atom. The molecule has 1 N–H and O–H groups in total. The standard InChI is InChI=1S/C12H15ClN2O4S/c13-11-6-5-10(15(16)17)7-12(11)20(18,19)14-8-9-3-1-2-4-9/h5-7,9,14H,1-4,8H2. The second kappa shape index (κ2) is 6.07. The Balaban J connectivity index is 2.19. The highest BCUT2D eigenvalue weighted by Crippen LogP contribution is 2.27. The van der Waals surface area contributed by atoms with Crippen LogP contribution in [0.3, 0.4) is 0 Å².